The number of hydrogen-bond acceptors (Lipinski definition) is 3. The highest BCUT2D eigenvalue weighted by molar-refractivity contribution is 5.91. The van der Waals surface area contributed by atoms with Crippen LogP contribution in [0.2, 0.25) is 0 Å². The third-order valence-electron chi connectivity index (χ3n) is 5.82. The Morgan fingerprint density at radius 1 is 1.21 bits per heavy atom. The van der Waals surface area contributed by atoms with E-state index in [-0.39, 0.29) is 18.0 Å². The normalized spacial score (nSPS) is 49.5. The summed E-state index contributed by atoms with van der Waals surface area (Å²) in [7, 11) is 1.75. The van der Waals surface area contributed by atoms with E-state index >= 15 is 0 Å². The summed E-state index contributed by atoms with van der Waals surface area (Å²) in [6.07, 6.45) is 4.49. The van der Waals surface area contributed by atoms with Gasteiger partial charge in [-0.3, -0.25) is 0 Å². The van der Waals surface area contributed by atoms with Crippen LogP contribution in [0.5, 0.6) is 0 Å². The van der Waals surface area contributed by atoms with E-state index in [0.717, 1.165) is 25.7 Å². The first-order valence-corrected chi connectivity index (χ1v) is 7.47. The monoisotopic (exact) mass is 264 g/mol. The minimum Gasteiger partial charge on any atom is -0.452 e. The average molecular weight is 264 g/mol. The molecule has 6 atom stereocenters. The molecular formula is C16H24O3. The summed E-state index contributed by atoms with van der Waals surface area (Å²) in [5.41, 5.74) is 0.242. The third kappa shape index (κ3) is 1.57. The number of ether oxygens (including phenoxy) is 2. The molecule has 3 nitrogen and oxygen atoms in total. The Balaban J connectivity index is 2.09. The fourth-order valence-electron chi connectivity index (χ4n) is 4.95. The maximum Gasteiger partial charge on any atom is 0.334 e. The van der Waals surface area contributed by atoms with Crippen LogP contribution in [0.4, 0.5) is 0 Å². The molecule has 106 valence electrons. The lowest BCUT2D eigenvalue weighted by atomic mass is 9.55. The Kier molecular flexibility index (Phi) is 3.01. The molecule has 1 saturated heterocycles. The first-order chi connectivity index (χ1) is 9.02. The molecule has 3 fully saturated rings. The Bertz CT molecular complexity index is 408. The van der Waals surface area contributed by atoms with Crippen LogP contribution in [0.15, 0.2) is 12.2 Å². The van der Waals surface area contributed by atoms with Crippen LogP contribution in [0, 0.1) is 23.7 Å². The molecule has 3 aliphatic rings. The van der Waals surface area contributed by atoms with E-state index in [0.29, 0.717) is 23.3 Å². The standard InChI is InChI=1S/C16H24O3/c1-9-5-8-13-11(3)15(17)19-16(13)12(9)7-6-10(2)14(16)18-4/h9-10,12-14H,3,5-8H2,1-2,4H3/t9-,10+,12?,13+,14?,16?/m1/s1. The van der Waals surface area contributed by atoms with Crippen LogP contribution in [-0.4, -0.2) is 24.8 Å². The van der Waals surface area contributed by atoms with Crippen molar-refractivity contribution in [2.45, 2.75) is 51.2 Å². The van der Waals surface area contributed by atoms with Crippen molar-refractivity contribution < 1.29 is 14.3 Å². The van der Waals surface area contributed by atoms with Crippen molar-refractivity contribution in [3.05, 3.63) is 12.2 Å². The molecule has 3 heteroatoms. The van der Waals surface area contributed by atoms with Crippen molar-refractivity contribution >= 4 is 5.97 Å². The van der Waals surface area contributed by atoms with Gasteiger partial charge in [0, 0.05) is 24.5 Å². The van der Waals surface area contributed by atoms with E-state index in [2.05, 4.69) is 20.4 Å². The molecule has 0 bridgehead atoms. The summed E-state index contributed by atoms with van der Waals surface area (Å²) >= 11 is 0. The highest BCUT2D eigenvalue weighted by Gasteiger charge is 2.65. The summed E-state index contributed by atoms with van der Waals surface area (Å²) in [6.45, 7) is 8.50. The van der Waals surface area contributed by atoms with Crippen molar-refractivity contribution in [2.24, 2.45) is 23.7 Å². The zero-order chi connectivity index (χ0) is 13.8. The predicted octanol–water partition coefficient (Wildman–Crippen LogP) is 2.95. The number of carbonyl (C=O) groups excluding carboxylic acids is 1. The maximum absolute atomic E-state index is 12.1. The van der Waals surface area contributed by atoms with Gasteiger partial charge in [-0.25, -0.2) is 4.79 Å². The van der Waals surface area contributed by atoms with Gasteiger partial charge in [0.1, 0.15) is 11.7 Å². The van der Waals surface area contributed by atoms with Crippen molar-refractivity contribution in [1.82, 2.24) is 0 Å². The first-order valence-electron chi connectivity index (χ1n) is 7.47. The van der Waals surface area contributed by atoms with E-state index in [1.165, 1.54) is 0 Å². The molecular weight excluding hydrogens is 240 g/mol. The van der Waals surface area contributed by atoms with Gasteiger partial charge in [-0.15, -0.1) is 0 Å². The van der Waals surface area contributed by atoms with Gasteiger partial charge in [0.2, 0.25) is 0 Å². The van der Waals surface area contributed by atoms with Gasteiger partial charge in [-0.05, 0) is 37.5 Å². The molecule has 0 radical (unpaired) electrons. The summed E-state index contributed by atoms with van der Waals surface area (Å²) in [5.74, 6) is 1.43. The molecule has 3 unspecified atom stereocenters. The van der Waals surface area contributed by atoms with Gasteiger partial charge in [-0.1, -0.05) is 20.4 Å². The number of esters is 1. The van der Waals surface area contributed by atoms with Gasteiger partial charge in [0.05, 0.1) is 0 Å². The second-order valence-electron chi connectivity index (χ2n) is 6.69. The van der Waals surface area contributed by atoms with Gasteiger partial charge in [-0.2, -0.15) is 0 Å². The maximum atomic E-state index is 12.1. The number of methoxy groups -OCH3 is 1. The Hall–Kier alpha value is -0.830. The van der Waals surface area contributed by atoms with E-state index in [1.54, 1.807) is 7.11 Å². The van der Waals surface area contributed by atoms with Gasteiger partial charge in [0.15, 0.2) is 0 Å². The minimum atomic E-state index is -0.432. The molecule has 1 spiro atoms. The largest absolute Gasteiger partial charge is 0.452 e. The molecule has 2 aliphatic carbocycles. The van der Waals surface area contributed by atoms with E-state index in [9.17, 15) is 4.79 Å². The highest BCUT2D eigenvalue weighted by atomic mass is 16.6. The zero-order valence-electron chi connectivity index (χ0n) is 12.1. The fraction of sp³-hybridized carbons (Fsp3) is 0.812. The molecule has 0 aromatic carbocycles. The van der Waals surface area contributed by atoms with E-state index in [4.69, 9.17) is 9.47 Å². The molecule has 0 N–H and O–H groups in total. The van der Waals surface area contributed by atoms with E-state index in [1.807, 2.05) is 0 Å². The number of hydrogen-bond donors (Lipinski definition) is 0. The van der Waals surface area contributed by atoms with E-state index < -0.39 is 5.60 Å². The molecule has 0 amide bonds. The number of rotatable bonds is 1. The quantitative estimate of drug-likeness (QED) is 0.539. The molecule has 0 aromatic heterocycles. The van der Waals surface area contributed by atoms with Crippen LogP contribution in [-0.2, 0) is 14.3 Å². The molecule has 19 heavy (non-hydrogen) atoms. The fourth-order valence-corrected chi connectivity index (χ4v) is 4.95. The smallest absolute Gasteiger partial charge is 0.334 e. The Labute approximate surface area is 115 Å². The average Bonchev–Trinajstić information content (AvgIpc) is 2.61. The predicted molar refractivity (Wildman–Crippen MR) is 72.5 cm³/mol. The Morgan fingerprint density at radius 3 is 2.58 bits per heavy atom. The SMILES string of the molecule is C=C1C(=O)OC23C(CC[C@H](C)C2OC)[C@H](C)CC[C@@H]13. The van der Waals surface area contributed by atoms with Crippen LogP contribution < -0.4 is 0 Å². The summed E-state index contributed by atoms with van der Waals surface area (Å²) in [4.78, 5) is 12.1. The van der Waals surface area contributed by atoms with Crippen molar-refractivity contribution in [2.75, 3.05) is 7.11 Å². The second kappa shape index (κ2) is 4.34. The van der Waals surface area contributed by atoms with Crippen molar-refractivity contribution in [3.63, 3.8) is 0 Å². The third-order valence-corrected chi connectivity index (χ3v) is 5.82. The lowest BCUT2D eigenvalue weighted by molar-refractivity contribution is -0.217. The lowest BCUT2D eigenvalue weighted by Gasteiger charge is -2.55. The van der Waals surface area contributed by atoms with Gasteiger partial charge >= 0.3 is 5.97 Å². The molecule has 2 saturated carbocycles. The van der Waals surface area contributed by atoms with Crippen LogP contribution in [0.1, 0.15) is 39.5 Å². The van der Waals surface area contributed by atoms with Crippen LogP contribution in [0.25, 0.3) is 0 Å². The second-order valence-corrected chi connectivity index (χ2v) is 6.69. The van der Waals surface area contributed by atoms with Crippen molar-refractivity contribution in [3.8, 4) is 0 Å². The summed E-state index contributed by atoms with van der Waals surface area (Å²) < 4.78 is 11.8. The Morgan fingerprint density at radius 2 is 1.89 bits per heavy atom. The topological polar surface area (TPSA) is 35.5 Å². The molecule has 1 aliphatic heterocycles. The molecule has 1 heterocycles. The number of carbonyl (C=O) groups is 1. The minimum absolute atomic E-state index is 0.0159. The van der Waals surface area contributed by atoms with Crippen molar-refractivity contribution in [1.29, 1.82) is 0 Å². The van der Waals surface area contributed by atoms with Gasteiger partial charge in [0.25, 0.3) is 0 Å². The van der Waals surface area contributed by atoms with Gasteiger partial charge < -0.3 is 9.47 Å². The molecule has 0 aromatic rings. The molecule has 3 rings (SSSR count). The first kappa shape index (κ1) is 13.2. The highest BCUT2D eigenvalue weighted by Crippen LogP contribution is 2.58. The zero-order valence-corrected chi connectivity index (χ0v) is 12.1. The summed E-state index contributed by atoms with van der Waals surface area (Å²) in [6, 6.07) is 0. The summed E-state index contributed by atoms with van der Waals surface area (Å²) in [5, 5.41) is 0. The lowest BCUT2D eigenvalue weighted by Crippen LogP contribution is -2.62. The van der Waals surface area contributed by atoms with Crippen LogP contribution in [0.3, 0.4) is 0 Å². The van der Waals surface area contributed by atoms with Crippen LogP contribution >= 0.6 is 0 Å².